The highest BCUT2D eigenvalue weighted by Gasteiger charge is 2.26. The Bertz CT molecular complexity index is 1140. The van der Waals surface area contributed by atoms with Gasteiger partial charge in [-0.2, -0.15) is 0 Å². The van der Waals surface area contributed by atoms with Crippen molar-refractivity contribution in [2.45, 2.75) is 78.1 Å². The lowest BCUT2D eigenvalue weighted by Gasteiger charge is -2.15. The fourth-order valence-electron chi connectivity index (χ4n) is 4.56. The molecule has 0 saturated heterocycles. The number of benzene rings is 2. The molecule has 0 spiro atoms. The smallest absolute Gasteiger partial charge is 0.277 e. The summed E-state index contributed by atoms with van der Waals surface area (Å²) in [6.45, 7) is 4.93. The van der Waals surface area contributed by atoms with Crippen LogP contribution in [0.1, 0.15) is 83.6 Å². The van der Waals surface area contributed by atoms with Gasteiger partial charge in [-0.15, -0.1) is 0 Å². The van der Waals surface area contributed by atoms with E-state index < -0.39 is 0 Å². The van der Waals surface area contributed by atoms with Crippen LogP contribution in [-0.4, -0.2) is 28.2 Å². The van der Waals surface area contributed by atoms with E-state index >= 15 is 0 Å². The van der Waals surface area contributed by atoms with E-state index in [9.17, 15) is 4.79 Å². The Balaban J connectivity index is 1.25. The maximum Gasteiger partial charge on any atom is 0.277 e. The van der Waals surface area contributed by atoms with Gasteiger partial charge in [-0.1, -0.05) is 89.0 Å². The number of nitrogens with zero attached hydrogens (tertiary/aromatic N) is 3. The first-order valence-corrected chi connectivity index (χ1v) is 13.2. The Morgan fingerprint density at radius 2 is 1.51 bits per heavy atom. The van der Waals surface area contributed by atoms with Crippen molar-refractivity contribution in [3.8, 4) is 11.5 Å². The fraction of sp³-hybridized carbons (Fsp3) is 0.433. The van der Waals surface area contributed by atoms with Crippen molar-refractivity contribution >= 4 is 28.9 Å². The summed E-state index contributed by atoms with van der Waals surface area (Å²) in [4.78, 5) is 23.8. The third-order valence-electron chi connectivity index (χ3n) is 6.63. The molecule has 0 N–H and O–H groups in total. The molecule has 5 nitrogen and oxygen atoms in total. The van der Waals surface area contributed by atoms with E-state index in [4.69, 9.17) is 4.42 Å². The van der Waals surface area contributed by atoms with E-state index in [-0.39, 0.29) is 5.91 Å². The van der Waals surface area contributed by atoms with Crippen LogP contribution in [-0.2, 0) is 4.79 Å². The summed E-state index contributed by atoms with van der Waals surface area (Å²) in [5.41, 5.74) is 3.97. The number of fused-ring (bicyclic) bond motifs is 1. The zero-order valence-electron chi connectivity index (χ0n) is 21.1. The van der Waals surface area contributed by atoms with Gasteiger partial charge in [0.05, 0.1) is 0 Å². The molecule has 0 bridgehead atoms. The highest BCUT2D eigenvalue weighted by atomic mass is 16.3. The van der Waals surface area contributed by atoms with Crippen LogP contribution < -0.4 is 0 Å². The molecule has 35 heavy (non-hydrogen) atoms. The molecular weight excluding hydrogens is 434 g/mol. The van der Waals surface area contributed by atoms with Crippen LogP contribution >= 0.6 is 0 Å². The van der Waals surface area contributed by atoms with Crippen molar-refractivity contribution in [3.63, 3.8) is 0 Å². The summed E-state index contributed by atoms with van der Waals surface area (Å²) >= 11 is 0. The maximum absolute atomic E-state index is 12.9. The second-order valence-corrected chi connectivity index (χ2v) is 9.44. The average molecular weight is 472 g/mol. The average Bonchev–Trinajstić information content (AvgIpc) is 3.42. The second kappa shape index (κ2) is 12.5. The molecule has 2 heterocycles. The van der Waals surface area contributed by atoms with Crippen molar-refractivity contribution in [1.29, 1.82) is 0 Å². The number of carbonyl (C=O) groups is 1. The number of amidine groups is 1. The molecule has 1 aromatic heterocycles. The number of carbonyl (C=O) groups excluding carboxylic acids is 1. The summed E-state index contributed by atoms with van der Waals surface area (Å²) in [6.07, 6.45) is 14.7. The van der Waals surface area contributed by atoms with E-state index in [0.717, 1.165) is 41.0 Å². The van der Waals surface area contributed by atoms with Gasteiger partial charge >= 0.3 is 0 Å². The first kappa shape index (κ1) is 24.9. The summed E-state index contributed by atoms with van der Waals surface area (Å²) in [5, 5.41) is 0. The standard InChI is InChI=1S/C30H37N3O2/c1-3-4-5-6-7-8-9-10-11-14-21-33-23(2)31-27(30(33)34)22-24-17-19-25(20-18-24)29-32-26-15-12-13-16-28(26)35-29/h12-13,15-20,22H,3-11,14,21H2,1-2H3/b27-22+. The van der Waals surface area contributed by atoms with Crippen molar-refractivity contribution in [1.82, 2.24) is 9.88 Å². The zero-order chi connectivity index (χ0) is 24.5. The largest absolute Gasteiger partial charge is 0.436 e. The highest BCUT2D eigenvalue weighted by molar-refractivity contribution is 6.13. The lowest BCUT2D eigenvalue weighted by molar-refractivity contribution is -0.122. The Morgan fingerprint density at radius 1 is 0.857 bits per heavy atom. The molecule has 0 radical (unpaired) electrons. The lowest BCUT2D eigenvalue weighted by Crippen LogP contribution is -2.31. The molecule has 3 aromatic rings. The summed E-state index contributed by atoms with van der Waals surface area (Å²) in [7, 11) is 0. The van der Waals surface area contributed by atoms with Gasteiger partial charge < -0.3 is 4.42 Å². The first-order valence-electron chi connectivity index (χ1n) is 13.2. The number of aliphatic imine (C=N–C) groups is 1. The van der Waals surface area contributed by atoms with Crippen molar-refractivity contribution in [2.75, 3.05) is 6.54 Å². The number of rotatable bonds is 13. The first-order chi connectivity index (χ1) is 17.2. The Hall–Kier alpha value is -3.21. The normalized spacial score (nSPS) is 14.9. The maximum atomic E-state index is 12.9. The van der Waals surface area contributed by atoms with E-state index in [2.05, 4.69) is 16.9 Å². The summed E-state index contributed by atoms with van der Waals surface area (Å²) in [5.74, 6) is 1.39. The molecule has 0 atom stereocenters. The zero-order valence-corrected chi connectivity index (χ0v) is 21.1. The van der Waals surface area contributed by atoms with Crippen LogP contribution in [0, 0.1) is 0 Å². The number of unbranched alkanes of at least 4 members (excludes halogenated alkanes) is 9. The molecule has 184 valence electrons. The van der Waals surface area contributed by atoms with Crippen LogP contribution in [0.5, 0.6) is 0 Å². The van der Waals surface area contributed by atoms with Gasteiger partial charge in [0.15, 0.2) is 5.58 Å². The quantitative estimate of drug-likeness (QED) is 0.187. The highest BCUT2D eigenvalue weighted by Crippen LogP contribution is 2.25. The van der Waals surface area contributed by atoms with Crippen molar-refractivity contribution in [3.05, 3.63) is 59.8 Å². The summed E-state index contributed by atoms with van der Waals surface area (Å²) < 4.78 is 5.85. The molecule has 1 aliphatic heterocycles. The third kappa shape index (κ3) is 6.68. The number of aromatic nitrogens is 1. The number of para-hydroxylation sites is 2. The van der Waals surface area contributed by atoms with Gasteiger partial charge in [-0.05, 0) is 49.2 Å². The Labute approximate surface area is 209 Å². The second-order valence-electron chi connectivity index (χ2n) is 9.44. The molecule has 4 rings (SSSR count). The minimum absolute atomic E-state index is 0.00134. The molecule has 5 heteroatoms. The Kier molecular flexibility index (Phi) is 8.88. The minimum Gasteiger partial charge on any atom is -0.436 e. The molecule has 1 amide bonds. The predicted molar refractivity (Wildman–Crippen MR) is 144 cm³/mol. The molecular formula is C30H37N3O2. The number of hydrogen-bond acceptors (Lipinski definition) is 4. The number of hydrogen-bond donors (Lipinski definition) is 0. The minimum atomic E-state index is 0.00134. The topological polar surface area (TPSA) is 58.7 Å². The van der Waals surface area contributed by atoms with Crippen molar-refractivity contribution in [2.24, 2.45) is 4.99 Å². The summed E-state index contributed by atoms with van der Waals surface area (Å²) in [6, 6.07) is 15.6. The molecule has 0 saturated carbocycles. The number of oxazole rings is 1. The van der Waals surface area contributed by atoms with E-state index in [1.54, 1.807) is 0 Å². The van der Waals surface area contributed by atoms with Gasteiger partial charge in [0.1, 0.15) is 17.0 Å². The van der Waals surface area contributed by atoms with Gasteiger partial charge in [-0.25, -0.2) is 9.98 Å². The lowest BCUT2D eigenvalue weighted by atomic mass is 10.1. The van der Waals surface area contributed by atoms with E-state index in [0.29, 0.717) is 11.6 Å². The third-order valence-corrected chi connectivity index (χ3v) is 6.63. The van der Waals surface area contributed by atoms with E-state index in [1.807, 2.05) is 66.4 Å². The van der Waals surface area contributed by atoms with Gasteiger partial charge in [0, 0.05) is 12.1 Å². The molecule has 2 aromatic carbocycles. The van der Waals surface area contributed by atoms with Crippen molar-refractivity contribution < 1.29 is 9.21 Å². The van der Waals surface area contributed by atoms with E-state index in [1.165, 1.54) is 57.8 Å². The van der Waals surface area contributed by atoms with Crippen LogP contribution in [0.15, 0.2) is 63.6 Å². The molecule has 0 fully saturated rings. The fourth-order valence-corrected chi connectivity index (χ4v) is 4.56. The molecule has 0 aliphatic carbocycles. The van der Waals surface area contributed by atoms with Crippen LogP contribution in [0.2, 0.25) is 0 Å². The van der Waals surface area contributed by atoms with Gasteiger partial charge in [-0.3, -0.25) is 9.69 Å². The molecule has 0 unspecified atom stereocenters. The monoisotopic (exact) mass is 471 g/mol. The van der Waals surface area contributed by atoms with Crippen LogP contribution in [0.3, 0.4) is 0 Å². The molecule has 1 aliphatic rings. The Morgan fingerprint density at radius 3 is 2.20 bits per heavy atom. The van der Waals surface area contributed by atoms with Crippen LogP contribution in [0.4, 0.5) is 0 Å². The SMILES string of the molecule is CCCCCCCCCCCCN1C(=O)/C(=C\c2ccc(-c3nc4ccccc4o3)cc2)N=C1C. The van der Waals surface area contributed by atoms with Crippen LogP contribution in [0.25, 0.3) is 28.6 Å². The van der Waals surface area contributed by atoms with Gasteiger partial charge in [0.2, 0.25) is 5.89 Å². The van der Waals surface area contributed by atoms with Gasteiger partial charge in [0.25, 0.3) is 5.91 Å². The predicted octanol–water partition coefficient (Wildman–Crippen LogP) is 8.02. The number of amides is 1.